The van der Waals surface area contributed by atoms with Crippen LogP contribution in [0.1, 0.15) is 4.88 Å². The average Bonchev–Trinajstić information content (AvgIpc) is 3.06. The summed E-state index contributed by atoms with van der Waals surface area (Å²) < 4.78 is 23.0. The molecule has 0 bridgehead atoms. The Hall–Kier alpha value is -1.70. The molecular weight excluding hydrogens is 348 g/mol. The summed E-state index contributed by atoms with van der Waals surface area (Å²) in [6, 6.07) is 10.8. The number of nitrogens with zero attached hydrogens (tertiary/aromatic N) is 2. The number of rotatable bonds is 5. The predicted octanol–water partition coefficient (Wildman–Crippen LogP) is 3.90. The summed E-state index contributed by atoms with van der Waals surface area (Å²) in [5, 5.41) is 2.91. The van der Waals surface area contributed by atoms with Gasteiger partial charge in [-0.25, -0.2) is 13.4 Å². The Balaban J connectivity index is 1.79. The Labute approximate surface area is 143 Å². The van der Waals surface area contributed by atoms with Crippen LogP contribution in [-0.2, 0) is 15.6 Å². The molecule has 0 aliphatic rings. The molecule has 0 saturated heterocycles. The van der Waals surface area contributed by atoms with Crippen molar-refractivity contribution < 1.29 is 8.42 Å². The van der Waals surface area contributed by atoms with Crippen LogP contribution in [0.25, 0.3) is 11.3 Å². The molecule has 0 fully saturated rings. The fourth-order valence-electron chi connectivity index (χ4n) is 1.97. The van der Waals surface area contributed by atoms with E-state index in [-0.39, 0.29) is 0 Å². The summed E-state index contributed by atoms with van der Waals surface area (Å²) in [6.45, 7) is 0. The number of thioether (sulfide) groups is 1. The number of sulfone groups is 1. The molecular formula is C16H14N2O2S3. The molecule has 1 aromatic carbocycles. The van der Waals surface area contributed by atoms with Crippen LogP contribution < -0.4 is 0 Å². The zero-order chi connectivity index (χ0) is 16.3. The van der Waals surface area contributed by atoms with Gasteiger partial charge in [-0.3, -0.25) is 4.98 Å². The number of hydrogen-bond donors (Lipinski definition) is 0. The first kappa shape index (κ1) is 16.2. The summed E-state index contributed by atoms with van der Waals surface area (Å²) >= 11 is 3.36. The van der Waals surface area contributed by atoms with E-state index in [0.29, 0.717) is 4.90 Å². The van der Waals surface area contributed by atoms with Crippen LogP contribution in [0.5, 0.6) is 0 Å². The average molecular weight is 363 g/mol. The second kappa shape index (κ2) is 6.82. The molecule has 2 aromatic heterocycles. The van der Waals surface area contributed by atoms with Crippen molar-refractivity contribution in [1.82, 2.24) is 9.97 Å². The molecule has 0 saturated carbocycles. The van der Waals surface area contributed by atoms with Gasteiger partial charge in [0.25, 0.3) is 0 Å². The van der Waals surface area contributed by atoms with Crippen molar-refractivity contribution in [1.29, 1.82) is 0 Å². The highest BCUT2D eigenvalue weighted by atomic mass is 32.2. The van der Waals surface area contributed by atoms with Crippen molar-refractivity contribution in [2.24, 2.45) is 0 Å². The Kier molecular flexibility index (Phi) is 4.79. The van der Waals surface area contributed by atoms with Crippen molar-refractivity contribution >= 4 is 32.9 Å². The first-order valence-electron chi connectivity index (χ1n) is 6.80. The van der Waals surface area contributed by atoms with E-state index >= 15 is 0 Å². The van der Waals surface area contributed by atoms with E-state index < -0.39 is 9.84 Å². The lowest BCUT2D eigenvalue weighted by Gasteiger charge is -2.05. The number of benzene rings is 1. The molecule has 0 aliphatic carbocycles. The molecule has 0 N–H and O–H groups in total. The summed E-state index contributed by atoms with van der Waals surface area (Å²) in [5.41, 5.74) is 1.59. The van der Waals surface area contributed by atoms with E-state index in [0.717, 1.165) is 22.0 Å². The molecule has 0 atom stereocenters. The van der Waals surface area contributed by atoms with Crippen LogP contribution in [0, 0.1) is 0 Å². The van der Waals surface area contributed by atoms with Gasteiger partial charge in [-0.15, -0.1) is 11.3 Å². The molecule has 2 heterocycles. The molecule has 3 rings (SSSR count). The largest absolute Gasteiger partial charge is 0.260 e. The SMILES string of the molecule is CS(=O)(=O)c1ccc(-c2cncc(SCc3cccs3)n2)cc1. The molecule has 4 nitrogen and oxygen atoms in total. The monoisotopic (exact) mass is 362 g/mol. The summed E-state index contributed by atoms with van der Waals surface area (Å²) in [4.78, 5) is 10.4. The van der Waals surface area contributed by atoms with Crippen LogP contribution in [0.2, 0.25) is 0 Å². The van der Waals surface area contributed by atoms with Gasteiger partial charge in [0.05, 0.1) is 23.0 Å². The predicted molar refractivity (Wildman–Crippen MR) is 94.5 cm³/mol. The first-order chi connectivity index (χ1) is 11.0. The molecule has 0 amide bonds. The van der Waals surface area contributed by atoms with Gasteiger partial charge in [-0.05, 0) is 23.6 Å². The van der Waals surface area contributed by atoms with Crippen molar-refractivity contribution in [3.63, 3.8) is 0 Å². The molecule has 0 aliphatic heterocycles. The molecule has 3 aromatic rings. The Bertz CT molecular complexity index is 889. The second-order valence-corrected chi connectivity index (χ2v) is 8.95. The molecule has 0 spiro atoms. The summed E-state index contributed by atoms with van der Waals surface area (Å²) in [6.07, 6.45) is 4.63. The third kappa shape index (κ3) is 4.19. The van der Waals surface area contributed by atoms with Gasteiger partial charge in [0.1, 0.15) is 5.03 Å². The van der Waals surface area contributed by atoms with Gasteiger partial charge < -0.3 is 0 Å². The van der Waals surface area contributed by atoms with Gasteiger partial charge >= 0.3 is 0 Å². The minimum Gasteiger partial charge on any atom is -0.260 e. The van der Waals surface area contributed by atoms with Gasteiger partial charge in [-0.2, -0.15) is 0 Å². The number of thiophene rings is 1. The first-order valence-corrected chi connectivity index (χ1v) is 10.6. The number of hydrogen-bond acceptors (Lipinski definition) is 6. The molecule has 118 valence electrons. The number of aromatic nitrogens is 2. The smallest absolute Gasteiger partial charge is 0.175 e. The van der Waals surface area contributed by atoms with E-state index in [1.165, 1.54) is 11.1 Å². The lowest BCUT2D eigenvalue weighted by Crippen LogP contribution is -1.96. The summed E-state index contributed by atoms with van der Waals surface area (Å²) in [7, 11) is -3.18. The maximum Gasteiger partial charge on any atom is 0.175 e. The highest BCUT2D eigenvalue weighted by Crippen LogP contribution is 2.25. The zero-order valence-electron chi connectivity index (χ0n) is 12.3. The minimum atomic E-state index is -3.18. The van der Waals surface area contributed by atoms with Crippen molar-refractivity contribution in [2.45, 2.75) is 15.7 Å². The maximum absolute atomic E-state index is 11.5. The van der Waals surface area contributed by atoms with Crippen LogP contribution in [-0.4, -0.2) is 24.6 Å². The molecule has 0 unspecified atom stereocenters. The van der Waals surface area contributed by atoms with Crippen molar-refractivity contribution in [2.75, 3.05) is 6.26 Å². The summed E-state index contributed by atoms with van der Waals surface area (Å²) in [5.74, 6) is 0.864. The van der Waals surface area contributed by atoms with Crippen molar-refractivity contribution in [3.05, 3.63) is 59.0 Å². The van der Waals surface area contributed by atoms with E-state index in [2.05, 4.69) is 21.4 Å². The van der Waals surface area contributed by atoms with Gasteiger partial charge in [-0.1, -0.05) is 30.0 Å². The van der Waals surface area contributed by atoms with Gasteiger partial charge in [0.15, 0.2) is 9.84 Å². The van der Waals surface area contributed by atoms with Crippen molar-refractivity contribution in [3.8, 4) is 11.3 Å². The standard InChI is InChI=1S/C16H14N2O2S3/c1-23(19,20)14-6-4-12(5-7-14)15-9-17-10-16(18-15)22-11-13-3-2-8-21-13/h2-10H,11H2,1H3. The van der Waals surface area contributed by atoms with E-state index in [4.69, 9.17) is 0 Å². The van der Waals surface area contributed by atoms with Crippen LogP contribution in [0.4, 0.5) is 0 Å². The zero-order valence-corrected chi connectivity index (χ0v) is 14.8. The molecule has 7 heteroatoms. The normalized spacial score (nSPS) is 11.5. The fourth-order valence-corrected chi connectivity index (χ4v) is 4.22. The van der Waals surface area contributed by atoms with Gasteiger partial charge in [0, 0.05) is 22.4 Å². The lowest BCUT2D eigenvalue weighted by molar-refractivity contribution is 0.602. The molecule has 0 radical (unpaired) electrons. The highest BCUT2D eigenvalue weighted by Gasteiger charge is 2.08. The Morgan fingerprint density at radius 3 is 2.57 bits per heavy atom. The highest BCUT2D eigenvalue weighted by molar-refractivity contribution is 7.98. The minimum absolute atomic E-state index is 0.303. The van der Waals surface area contributed by atoms with Crippen LogP contribution in [0.3, 0.4) is 0 Å². The van der Waals surface area contributed by atoms with E-state index in [1.807, 2.05) is 6.07 Å². The second-order valence-electron chi connectivity index (χ2n) is 4.91. The van der Waals surface area contributed by atoms with Gasteiger partial charge in [0.2, 0.25) is 0 Å². The van der Waals surface area contributed by atoms with E-state index in [1.54, 1.807) is 59.8 Å². The third-order valence-corrected chi connectivity index (χ3v) is 6.27. The molecule has 23 heavy (non-hydrogen) atoms. The Morgan fingerprint density at radius 1 is 1.13 bits per heavy atom. The van der Waals surface area contributed by atoms with Crippen LogP contribution >= 0.6 is 23.1 Å². The van der Waals surface area contributed by atoms with E-state index in [9.17, 15) is 8.42 Å². The van der Waals surface area contributed by atoms with Crippen LogP contribution in [0.15, 0.2) is 64.1 Å². The maximum atomic E-state index is 11.5. The Morgan fingerprint density at radius 2 is 1.91 bits per heavy atom. The fraction of sp³-hybridized carbons (Fsp3) is 0.125. The topological polar surface area (TPSA) is 59.9 Å². The quantitative estimate of drug-likeness (QED) is 0.644. The lowest BCUT2D eigenvalue weighted by atomic mass is 10.2. The third-order valence-electron chi connectivity index (χ3n) is 3.13.